The number of allylic oxidation sites excluding steroid dienone is 2. The first kappa shape index (κ1) is 21.9. The molecular weight excluding hydrogens is 415 g/mol. The molecule has 9 heteroatoms. The molecule has 0 saturated heterocycles. The molecule has 2 heterocycles. The molecular formula is C23H25FN4O4. The monoisotopic (exact) mass is 440 g/mol. The van der Waals surface area contributed by atoms with Crippen molar-refractivity contribution in [3.05, 3.63) is 53.5 Å². The van der Waals surface area contributed by atoms with Gasteiger partial charge < -0.3 is 19.1 Å². The summed E-state index contributed by atoms with van der Waals surface area (Å²) in [6.45, 7) is 1.16. The van der Waals surface area contributed by atoms with Crippen molar-refractivity contribution in [3.63, 3.8) is 0 Å². The Bertz CT molecular complexity index is 1170. The summed E-state index contributed by atoms with van der Waals surface area (Å²) in [5, 5.41) is 9.51. The average Bonchev–Trinajstić information content (AvgIpc) is 3.15. The summed E-state index contributed by atoms with van der Waals surface area (Å²) in [4.78, 5) is 24.6. The molecule has 0 saturated carbocycles. The molecule has 1 N–H and O–H groups in total. The fourth-order valence-electron chi connectivity index (χ4n) is 4.05. The van der Waals surface area contributed by atoms with E-state index in [-0.39, 0.29) is 5.97 Å². The molecule has 8 nitrogen and oxygen atoms in total. The normalized spacial score (nSPS) is 16.2. The fourth-order valence-corrected chi connectivity index (χ4v) is 4.05. The van der Waals surface area contributed by atoms with Gasteiger partial charge in [0.25, 0.3) is 5.88 Å². The molecule has 1 aliphatic carbocycles. The summed E-state index contributed by atoms with van der Waals surface area (Å²) >= 11 is 0. The van der Waals surface area contributed by atoms with Crippen LogP contribution in [-0.4, -0.2) is 51.4 Å². The molecule has 0 radical (unpaired) electrons. The maximum atomic E-state index is 13.2. The molecule has 0 aliphatic heterocycles. The number of nitrogens with zero attached hydrogens (tertiary/aromatic N) is 4. The van der Waals surface area contributed by atoms with Gasteiger partial charge in [-0.15, -0.1) is 0 Å². The summed E-state index contributed by atoms with van der Waals surface area (Å²) in [6, 6.07) is 5.37. The zero-order valence-corrected chi connectivity index (χ0v) is 18.0. The average molecular weight is 440 g/mol. The van der Waals surface area contributed by atoms with E-state index in [0.717, 1.165) is 54.3 Å². The van der Waals surface area contributed by atoms with Gasteiger partial charge in [-0.05, 0) is 49.0 Å². The smallest absolute Gasteiger partial charge is 0.337 e. The predicted molar refractivity (Wildman–Crippen MR) is 116 cm³/mol. The van der Waals surface area contributed by atoms with Crippen molar-refractivity contribution in [2.24, 2.45) is 5.92 Å². The first-order valence-corrected chi connectivity index (χ1v) is 10.5. The quantitative estimate of drug-likeness (QED) is 0.561. The van der Waals surface area contributed by atoms with Gasteiger partial charge in [0.15, 0.2) is 5.82 Å². The number of methoxy groups -OCH3 is 2. The van der Waals surface area contributed by atoms with Gasteiger partial charge in [0.05, 0.1) is 36.5 Å². The van der Waals surface area contributed by atoms with Crippen molar-refractivity contribution >= 4 is 22.6 Å². The number of esters is 1. The zero-order valence-electron chi connectivity index (χ0n) is 18.0. The molecule has 1 unspecified atom stereocenters. The van der Waals surface area contributed by atoms with Crippen LogP contribution in [0, 0.1) is 11.7 Å². The van der Waals surface area contributed by atoms with E-state index in [1.165, 1.54) is 7.11 Å². The lowest BCUT2D eigenvalue weighted by Crippen LogP contribution is -2.15. The van der Waals surface area contributed by atoms with Crippen LogP contribution in [0.3, 0.4) is 0 Å². The van der Waals surface area contributed by atoms with E-state index in [4.69, 9.17) is 14.5 Å². The third-order valence-corrected chi connectivity index (χ3v) is 5.77. The van der Waals surface area contributed by atoms with E-state index < -0.39 is 11.7 Å². The maximum absolute atomic E-state index is 13.2. The van der Waals surface area contributed by atoms with Crippen molar-refractivity contribution < 1.29 is 23.8 Å². The molecule has 1 aromatic carbocycles. The Hall–Kier alpha value is -3.33. The van der Waals surface area contributed by atoms with Gasteiger partial charge in [0.1, 0.15) is 5.82 Å². The van der Waals surface area contributed by atoms with Gasteiger partial charge in [-0.3, -0.25) is 0 Å². The number of ether oxygens (including phenoxy) is 2. The van der Waals surface area contributed by atoms with Crippen LogP contribution >= 0.6 is 0 Å². The number of hydrogen-bond acceptors (Lipinski definition) is 7. The van der Waals surface area contributed by atoms with E-state index in [1.54, 1.807) is 13.2 Å². The Morgan fingerprint density at radius 1 is 1.31 bits per heavy atom. The number of carbonyl (C=O) groups excluding carboxylic acids is 1. The second-order valence-electron chi connectivity index (χ2n) is 7.81. The predicted octanol–water partition coefficient (Wildman–Crippen LogP) is 3.53. The summed E-state index contributed by atoms with van der Waals surface area (Å²) in [5.41, 5.74) is 3.10. The minimum Gasteiger partial charge on any atom is -0.491 e. The molecule has 1 aliphatic rings. The molecule has 0 bridgehead atoms. The molecule has 0 amide bonds. The van der Waals surface area contributed by atoms with Crippen LogP contribution in [0.5, 0.6) is 5.88 Å². The number of imidazole rings is 1. The lowest BCUT2D eigenvalue weighted by molar-refractivity contribution is 0.0601. The summed E-state index contributed by atoms with van der Waals surface area (Å²) in [7, 11) is 3.02. The maximum Gasteiger partial charge on any atom is 0.337 e. The number of halogens is 1. The second-order valence-corrected chi connectivity index (χ2v) is 7.81. The zero-order chi connectivity index (χ0) is 22.7. The Morgan fingerprint density at radius 3 is 2.84 bits per heavy atom. The minimum atomic E-state index is -0.826. The Kier molecular flexibility index (Phi) is 6.45. The number of aromatic nitrogens is 4. The van der Waals surface area contributed by atoms with Crippen LogP contribution in [-0.2, 0) is 22.4 Å². The lowest BCUT2D eigenvalue weighted by atomic mass is 9.87. The van der Waals surface area contributed by atoms with Crippen LogP contribution in [0.1, 0.15) is 41.3 Å². The number of fused-ring (bicyclic) bond motifs is 1. The Labute approximate surface area is 184 Å². The van der Waals surface area contributed by atoms with E-state index in [2.05, 4.69) is 20.6 Å². The largest absolute Gasteiger partial charge is 0.491 e. The van der Waals surface area contributed by atoms with Crippen LogP contribution in [0.4, 0.5) is 4.39 Å². The van der Waals surface area contributed by atoms with E-state index in [9.17, 15) is 14.3 Å². The Morgan fingerprint density at radius 2 is 2.16 bits per heavy atom. The summed E-state index contributed by atoms with van der Waals surface area (Å²) < 4.78 is 25.5. The highest BCUT2D eigenvalue weighted by molar-refractivity contribution is 5.93. The SMILES string of the molecule is COCCn1c(CC2CC=C(c3ncc(F)c(O)n3)CC2)nc2ccc(C(=O)OC)cc21. The van der Waals surface area contributed by atoms with E-state index in [1.807, 2.05) is 12.1 Å². The molecule has 0 spiro atoms. The number of benzene rings is 1. The third-order valence-electron chi connectivity index (χ3n) is 5.77. The first-order valence-electron chi connectivity index (χ1n) is 10.5. The highest BCUT2D eigenvalue weighted by Gasteiger charge is 2.22. The lowest BCUT2D eigenvalue weighted by Gasteiger charge is -2.21. The first-order chi connectivity index (χ1) is 15.5. The molecule has 3 aromatic rings. The molecule has 0 fully saturated rings. The van der Waals surface area contributed by atoms with Gasteiger partial charge in [-0.25, -0.2) is 14.8 Å². The highest BCUT2D eigenvalue weighted by Crippen LogP contribution is 2.32. The van der Waals surface area contributed by atoms with Crippen molar-refractivity contribution in [2.45, 2.75) is 32.2 Å². The number of rotatable bonds is 7. The summed E-state index contributed by atoms with van der Waals surface area (Å²) in [6.07, 6.45) is 6.25. The van der Waals surface area contributed by atoms with Crippen LogP contribution in [0.15, 0.2) is 30.5 Å². The van der Waals surface area contributed by atoms with Crippen molar-refractivity contribution in [3.8, 4) is 5.88 Å². The third kappa shape index (κ3) is 4.47. The van der Waals surface area contributed by atoms with Gasteiger partial charge >= 0.3 is 5.97 Å². The minimum absolute atomic E-state index is 0.366. The van der Waals surface area contributed by atoms with Gasteiger partial charge in [-0.2, -0.15) is 9.37 Å². The summed E-state index contributed by atoms with van der Waals surface area (Å²) in [5.74, 6) is -0.163. The van der Waals surface area contributed by atoms with Gasteiger partial charge in [0, 0.05) is 20.1 Å². The molecule has 4 rings (SSSR count). The highest BCUT2D eigenvalue weighted by atomic mass is 19.1. The van der Waals surface area contributed by atoms with Crippen molar-refractivity contribution in [2.75, 3.05) is 20.8 Å². The van der Waals surface area contributed by atoms with Crippen LogP contribution in [0.2, 0.25) is 0 Å². The van der Waals surface area contributed by atoms with E-state index >= 15 is 0 Å². The van der Waals surface area contributed by atoms with E-state index in [0.29, 0.717) is 30.5 Å². The van der Waals surface area contributed by atoms with Crippen molar-refractivity contribution in [1.29, 1.82) is 0 Å². The number of carbonyl (C=O) groups is 1. The molecule has 2 aromatic heterocycles. The fraction of sp³-hybridized carbons (Fsp3) is 0.391. The van der Waals surface area contributed by atoms with Crippen molar-refractivity contribution in [1.82, 2.24) is 19.5 Å². The molecule has 168 valence electrons. The number of hydrogen-bond donors (Lipinski definition) is 1. The van der Waals surface area contributed by atoms with Gasteiger partial charge in [-0.1, -0.05) is 6.08 Å². The molecule has 1 atom stereocenters. The van der Waals surface area contributed by atoms with Crippen LogP contribution < -0.4 is 0 Å². The second kappa shape index (κ2) is 9.44. The number of aromatic hydroxyl groups is 1. The topological polar surface area (TPSA) is 99.4 Å². The Balaban J connectivity index is 1.56. The molecule has 32 heavy (non-hydrogen) atoms. The van der Waals surface area contributed by atoms with Crippen LogP contribution in [0.25, 0.3) is 16.6 Å². The van der Waals surface area contributed by atoms with Gasteiger partial charge in [0.2, 0.25) is 5.82 Å². The standard InChI is InChI=1S/C23H25FN4O4/c1-31-10-9-28-19-12-16(23(30)32-2)7-8-18(19)26-20(28)11-14-3-5-15(6-4-14)21-25-13-17(24)22(29)27-21/h5,7-8,12-14H,3-4,6,9-11H2,1-2H3,(H,25,27,29).